The zero-order chi connectivity index (χ0) is 22.7. The van der Waals surface area contributed by atoms with Crippen molar-refractivity contribution in [3.63, 3.8) is 0 Å². The topological polar surface area (TPSA) is 81.9 Å². The summed E-state index contributed by atoms with van der Waals surface area (Å²) in [7, 11) is 0. The molecule has 0 radical (unpaired) electrons. The Hall–Kier alpha value is -3.46. The molecule has 6 heteroatoms. The number of fused-ring (bicyclic) bond motifs is 1. The smallest absolute Gasteiger partial charge is 0.244 e. The van der Waals surface area contributed by atoms with Gasteiger partial charge in [0, 0.05) is 13.1 Å². The number of nitrogens with zero attached hydrogens (tertiary/aromatic N) is 4. The molecule has 32 heavy (non-hydrogen) atoms. The first-order chi connectivity index (χ1) is 15.5. The van der Waals surface area contributed by atoms with Gasteiger partial charge in [0.2, 0.25) is 5.91 Å². The third-order valence-corrected chi connectivity index (χ3v) is 6.07. The summed E-state index contributed by atoms with van der Waals surface area (Å²) < 4.78 is 0. The van der Waals surface area contributed by atoms with Gasteiger partial charge in [0.05, 0.1) is 23.1 Å². The first kappa shape index (κ1) is 21.8. The number of hydrogen-bond donors (Lipinski definition) is 1. The molecule has 1 amide bonds. The zero-order valence-electron chi connectivity index (χ0n) is 18.8. The second-order valence-corrected chi connectivity index (χ2v) is 8.98. The fraction of sp³-hybridized carbons (Fsp3) is 0.385. The summed E-state index contributed by atoms with van der Waals surface area (Å²) in [6.45, 7) is 8.05. The summed E-state index contributed by atoms with van der Waals surface area (Å²) in [6, 6.07) is 19.3. The average Bonchev–Trinajstić information content (AvgIpc) is 2.79. The largest absolute Gasteiger partial charge is 0.355 e. The van der Waals surface area contributed by atoms with Crippen molar-refractivity contribution in [1.29, 1.82) is 5.26 Å². The van der Waals surface area contributed by atoms with Gasteiger partial charge < -0.3 is 10.2 Å². The Morgan fingerprint density at radius 1 is 1.03 bits per heavy atom. The minimum absolute atomic E-state index is 0.216. The van der Waals surface area contributed by atoms with E-state index in [0.29, 0.717) is 28.9 Å². The van der Waals surface area contributed by atoms with Gasteiger partial charge >= 0.3 is 0 Å². The number of amides is 1. The van der Waals surface area contributed by atoms with Gasteiger partial charge in [-0.15, -0.1) is 0 Å². The molecule has 0 unspecified atom stereocenters. The Labute approximate surface area is 189 Å². The molecule has 0 spiro atoms. The molecular formula is C26H29N5O. The number of carbonyl (C=O) groups excluding carboxylic acids is 1. The fourth-order valence-corrected chi connectivity index (χ4v) is 4.63. The first-order valence-corrected chi connectivity index (χ1v) is 11.2. The molecule has 4 rings (SSSR count). The van der Waals surface area contributed by atoms with Crippen LogP contribution in [0.4, 0.5) is 5.82 Å². The standard InChI is InChI=1S/C26H29N5O/c1-17-13-18(2)16-31(15-17)25-24(29-22-11-7-8-12-23(22)30-25)21(14-27)26(32)28-19(3)20-9-5-4-6-10-20/h4-12,17-19,21H,13,15-16H2,1-3H3,(H,28,32)/t17-,18+,19-,21-/m1/s1. The van der Waals surface area contributed by atoms with Crippen molar-refractivity contribution in [3.05, 3.63) is 65.9 Å². The molecule has 1 N–H and O–H groups in total. The Kier molecular flexibility index (Phi) is 6.36. The summed E-state index contributed by atoms with van der Waals surface area (Å²) in [5, 5.41) is 13.0. The molecule has 6 nitrogen and oxygen atoms in total. The lowest BCUT2D eigenvalue weighted by Crippen LogP contribution is -2.41. The number of para-hydroxylation sites is 2. The lowest BCUT2D eigenvalue weighted by Gasteiger charge is -2.36. The SMILES string of the molecule is C[C@@H]1C[C@H](C)CN(c2nc3ccccc3nc2[C@@H](C#N)C(=O)N[C@H](C)c2ccccc2)C1. The van der Waals surface area contributed by atoms with Crippen molar-refractivity contribution < 1.29 is 4.79 Å². The summed E-state index contributed by atoms with van der Waals surface area (Å²) in [4.78, 5) is 25.1. The predicted octanol–water partition coefficient (Wildman–Crippen LogP) is 4.60. The maximum atomic E-state index is 13.2. The van der Waals surface area contributed by atoms with Crippen molar-refractivity contribution in [3.8, 4) is 6.07 Å². The second kappa shape index (κ2) is 9.35. The van der Waals surface area contributed by atoms with Crippen LogP contribution >= 0.6 is 0 Å². The maximum absolute atomic E-state index is 13.2. The average molecular weight is 428 g/mol. The molecule has 0 aliphatic carbocycles. The molecule has 1 aliphatic heterocycles. The molecule has 2 aromatic carbocycles. The van der Waals surface area contributed by atoms with Crippen LogP contribution in [0, 0.1) is 23.2 Å². The number of piperidine rings is 1. The van der Waals surface area contributed by atoms with Gasteiger partial charge in [-0.2, -0.15) is 5.26 Å². The van der Waals surface area contributed by atoms with Crippen molar-refractivity contribution in [2.45, 2.75) is 39.2 Å². The molecule has 0 bridgehead atoms. The normalized spacial score (nSPS) is 20.4. The van der Waals surface area contributed by atoms with Gasteiger partial charge in [-0.1, -0.05) is 56.3 Å². The highest BCUT2D eigenvalue weighted by Gasteiger charge is 2.32. The van der Waals surface area contributed by atoms with E-state index in [1.54, 1.807) is 0 Å². The van der Waals surface area contributed by atoms with Gasteiger partial charge in [-0.05, 0) is 42.9 Å². The van der Waals surface area contributed by atoms with Crippen LogP contribution in [0.1, 0.15) is 50.4 Å². The number of benzene rings is 2. The summed E-state index contributed by atoms with van der Waals surface area (Å²) in [5.74, 6) is 0.268. The highest BCUT2D eigenvalue weighted by atomic mass is 16.2. The maximum Gasteiger partial charge on any atom is 0.244 e. The molecule has 1 aromatic heterocycles. The number of anilines is 1. The van der Waals surface area contributed by atoms with Crippen LogP contribution in [-0.2, 0) is 4.79 Å². The lowest BCUT2D eigenvalue weighted by molar-refractivity contribution is -0.122. The number of rotatable bonds is 5. The Bertz CT molecular complexity index is 1130. The van der Waals surface area contributed by atoms with E-state index in [4.69, 9.17) is 9.97 Å². The van der Waals surface area contributed by atoms with Crippen molar-refractivity contribution in [2.75, 3.05) is 18.0 Å². The Morgan fingerprint density at radius 3 is 2.25 bits per heavy atom. The van der Waals surface area contributed by atoms with E-state index in [0.717, 1.165) is 30.6 Å². The van der Waals surface area contributed by atoms with Crippen molar-refractivity contribution >= 4 is 22.8 Å². The van der Waals surface area contributed by atoms with Gasteiger partial charge in [0.25, 0.3) is 0 Å². The summed E-state index contributed by atoms with van der Waals surface area (Å²) >= 11 is 0. The van der Waals surface area contributed by atoms with Crippen LogP contribution in [0.3, 0.4) is 0 Å². The van der Waals surface area contributed by atoms with Crippen LogP contribution in [0.5, 0.6) is 0 Å². The van der Waals surface area contributed by atoms with Crippen LogP contribution in [0.2, 0.25) is 0 Å². The minimum Gasteiger partial charge on any atom is -0.355 e. The molecule has 4 atom stereocenters. The Balaban J connectivity index is 1.71. The van der Waals surface area contributed by atoms with Gasteiger partial charge in [-0.3, -0.25) is 4.79 Å². The highest BCUT2D eigenvalue weighted by Crippen LogP contribution is 2.32. The van der Waals surface area contributed by atoms with Crippen LogP contribution in [0.15, 0.2) is 54.6 Å². The van der Waals surface area contributed by atoms with E-state index >= 15 is 0 Å². The number of aromatic nitrogens is 2. The van der Waals surface area contributed by atoms with Crippen molar-refractivity contribution in [2.24, 2.45) is 11.8 Å². The molecule has 1 aliphatic rings. The lowest BCUT2D eigenvalue weighted by atomic mass is 9.91. The van der Waals surface area contributed by atoms with Crippen molar-refractivity contribution in [1.82, 2.24) is 15.3 Å². The van der Waals surface area contributed by atoms with E-state index in [9.17, 15) is 10.1 Å². The molecule has 3 aromatic rings. The molecule has 1 fully saturated rings. The summed E-state index contributed by atoms with van der Waals surface area (Å²) in [5.41, 5.74) is 2.88. The van der Waals surface area contributed by atoms with E-state index in [1.165, 1.54) is 0 Å². The summed E-state index contributed by atoms with van der Waals surface area (Å²) in [6.07, 6.45) is 1.16. The van der Waals surface area contributed by atoms with Crippen LogP contribution < -0.4 is 10.2 Å². The van der Waals surface area contributed by atoms with Gasteiger partial charge in [-0.25, -0.2) is 9.97 Å². The molecule has 2 heterocycles. The van der Waals surface area contributed by atoms with Gasteiger partial charge in [0.1, 0.15) is 5.69 Å². The monoisotopic (exact) mass is 427 g/mol. The fourth-order valence-electron chi connectivity index (χ4n) is 4.63. The number of nitrogens with one attached hydrogen (secondary N) is 1. The Morgan fingerprint density at radius 2 is 1.62 bits per heavy atom. The van der Waals surface area contributed by atoms with E-state index < -0.39 is 5.92 Å². The van der Waals surface area contributed by atoms with E-state index in [2.05, 4.69) is 30.1 Å². The number of nitriles is 1. The van der Waals surface area contributed by atoms with E-state index in [1.807, 2.05) is 61.5 Å². The third kappa shape index (κ3) is 4.57. The quantitative estimate of drug-likeness (QED) is 0.644. The third-order valence-electron chi connectivity index (χ3n) is 6.07. The highest BCUT2D eigenvalue weighted by molar-refractivity contribution is 5.89. The van der Waals surface area contributed by atoms with Crippen LogP contribution in [0.25, 0.3) is 11.0 Å². The predicted molar refractivity (Wildman–Crippen MR) is 126 cm³/mol. The molecule has 0 saturated carbocycles. The zero-order valence-corrected chi connectivity index (χ0v) is 18.8. The molecular weight excluding hydrogens is 398 g/mol. The number of carbonyl (C=O) groups is 1. The van der Waals surface area contributed by atoms with Gasteiger partial charge in [0.15, 0.2) is 11.7 Å². The van der Waals surface area contributed by atoms with Crippen LogP contribution in [-0.4, -0.2) is 29.0 Å². The number of hydrogen-bond acceptors (Lipinski definition) is 5. The molecule has 164 valence electrons. The second-order valence-electron chi connectivity index (χ2n) is 8.98. The molecule has 1 saturated heterocycles. The first-order valence-electron chi connectivity index (χ1n) is 11.2. The minimum atomic E-state index is -1.04. The van der Waals surface area contributed by atoms with E-state index in [-0.39, 0.29) is 11.9 Å².